The summed E-state index contributed by atoms with van der Waals surface area (Å²) in [4.78, 5) is 11.5. The van der Waals surface area contributed by atoms with Crippen LogP contribution in [0.1, 0.15) is 43.5 Å². The Hall–Kier alpha value is -1.08. The average molecular weight is 282 g/mol. The molecular formula is C12H18N4O2S. The summed E-state index contributed by atoms with van der Waals surface area (Å²) in [5, 5.41) is 20.7. The van der Waals surface area contributed by atoms with E-state index in [0.29, 0.717) is 24.3 Å². The van der Waals surface area contributed by atoms with E-state index in [2.05, 4.69) is 20.1 Å². The van der Waals surface area contributed by atoms with Crippen molar-refractivity contribution < 1.29 is 9.90 Å². The first kappa shape index (κ1) is 12.9. The molecule has 0 aromatic carbocycles. The van der Waals surface area contributed by atoms with Gasteiger partial charge in [0.15, 0.2) is 5.16 Å². The van der Waals surface area contributed by atoms with E-state index in [-0.39, 0.29) is 12.5 Å². The summed E-state index contributed by atoms with van der Waals surface area (Å²) < 4.78 is 2.24. The van der Waals surface area contributed by atoms with Gasteiger partial charge in [-0.05, 0) is 25.7 Å². The lowest BCUT2D eigenvalue weighted by Crippen LogP contribution is -2.28. The van der Waals surface area contributed by atoms with E-state index in [1.54, 1.807) is 0 Å². The number of nitrogens with one attached hydrogen (secondary N) is 1. The topological polar surface area (TPSA) is 80.0 Å². The van der Waals surface area contributed by atoms with E-state index in [1.807, 2.05) is 0 Å². The highest BCUT2D eigenvalue weighted by Crippen LogP contribution is 2.45. The number of aromatic nitrogens is 3. The van der Waals surface area contributed by atoms with E-state index in [1.165, 1.54) is 37.4 Å². The number of aliphatic hydroxyl groups is 1. The maximum absolute atomic E-state index is 11.5. The molecule has 2 aliphatic rings. The number of thioether (sulfide) groups is 1. The van der Waals surface area contributed by atoms with Crippen molar-refractivity contribution in [3.05, 3.63) is 5.82 Å². The highest BCUT2D eigenvalue weighted by Gasteiger charge is 2.36. The van der Waals surface area contributed by atoms with Gasteiger partial charge in [-0.2, -0.15) is 0 Å². The van der Waals surface area contributed by atoms with Crippen molar-refractivity contribution in [3.63, 3.8) is 0 Å². The van der Waals surface area contributed by atoms with E-state index in [9.17, 15) is 4.79 Å². The normalized spacial score (nSPS) is 18.6. The summed E-state index contributed by atoms with van der Waals surface area (Å²) in [6, 6.07) is 0.550. The minimum Gasteiger partial charge on any atom is -0.395 e. The third-order valence-electron chi connectivity index (χ3n) is 3.31. The van der Waals surface area contributed by atoms with Crippen LogP contribution in [0.2, 0.25) is 0 Å². The molecule has 1 amide bonds. The quantitative estimate of drug-likeness (QED) is 0.719. The maximum atomic E-state index is 11.5. The van der Waals surface area contributed by atoms with Gasteiger partial charge in [0, 0.05) is 18.5 Å². The van der Waals surface area contributed by atoms with Gasteiger partial charge in [-0.15, -0.1) is 10.2 Å². The maximum Gasteiger partial charge on any atom is 0.230 e. The Kier molecular flexibility index (Phi) is 3.74. The van der Waals surface area contributed by atoms with Crippen molar-refractivity contribution in [2.75, 3.05) is 18.9 Å². The molecule has 0 radical (unpaired) electrons. The predicted molar refractivity (Wildman–Crippen MR) is 71.1 cm³/mol. The first-order chi connectivity index (χ1) is 9.29. The Labute approximate surface area is 116 Å². The van der Waals surface area contributed by atoms with Crippen LogP contribution < -0.4 is 5.32 Å². The van der Waals surface area contributed by atoms with Crippen molar-refractivity contribution in [2.24, 2.45) is 0 Å². The molecule has 6 nitrogen and oxygen atoms in total. The number of aliphatic hydroxyl groups excluding tert-OH is 1. The van der Waals surface area contributed by atoms with E-state index < -0.39 is 0 Å². The molecule has 104 valence electrons. The van der Waals surface area contributed by atoms with Gasteiger partial charge < -0.3 is 15.0 Å². The van der Waals surface area contributed by atoms with Crippen LogP contribution in [0.3, 0.4) is 0 Å². The first-order valence-corrected chi connectivity index (χ1v) is 7.73. The molecular weight excluding hydrogens is 264 g/mol. The fourth-order valence-electron chi connectivity index (χ4n) is 2.06. The van der Waals surface area contributed by atoms with Crippen molar-refractivity contribution in [1.82, 2.24) is 20.1 Å². The Bertz CT molecular complexity index is 468. The fourth-order valence-corrected chi connectivity index (χ4v) is 2.90. The first-order valence-electron chi connectivity index (χ1n) is 6.74. The van der Waals surface area contributed by atoms with Gasteiger partial charge in [0.1, 0.15) is 5.82 Å². The Morgan fingerprint density at radius 1 is 1.37 bits per heavy atom. The Balaban J connectivity index is 1.62. The van der Waals surface area contributed by atoms with Crippen LogP contribution in [0.4, 0.5) is 0 Å². The van der Waals surface area contributed by atoms with Gasteiger partial charge in [-0.1, -0.05) is 11.8 Å². The lowest BCUT2D eigenvalue weighted by molar-refractivity contribution is -0.118. The van der Waals surface area contributed by atoms with Crippen LogP contribution in [0.15, 0.2) is 5.16 Å². The predicted octanol–water partition coefficient (Wildman–Crippen LogP) is 0.691. The van der Waals surface area contributed by atoms with Crippen LogP contribution in [0, 0.1) is 0 Å². The summed E-state index contributed by atoms with van der Waals surface area (Å²) in [6.45, 7) is 0.280. The summed E-state index contributed by atoms with van der Waals surface area (Å²) in [7, 11) is 0. The van der Waals surface area contributed by atoms with Crippen molar-refractivity contribution in [2.45, 2.75) is 42.8 Å². The molecule has 1 aromatic heterocycles. The van der Waals surface area contributed by atoms with E-state index in [4.69, 9.17) is 5.11 Å². The molecule has 2 aliphatic carbocycles. The second kappa shape index (κ2) is 5.50. The molecule has 0 aliphatic heterocycles. The highest BCUT2D eigenvalue weighted by atomic mass is 32.2. The number of rotatable bonds is 7. The summed E-state index contributed by atoms with van der Waals surface area (Å²) in [5.41, 5.74) is 0. The molecule has 1 heterocycles. The molecule has 2 fully saturated rings. The van der Waals surface area contributed by atoms with Crippen molar-refractivity contribution >= 4 is 17.7 Å². The fraction of sp³-hybridized carbons (Fsp3) is 0.750. The van der Waals surface area contributed by atoms with Crippen LogP contribution >= 0.6 is 11.8 Å². The molecule has 0 atom stereocenters. The number of hydrogen-bond donors (Lipinski definition) is 2. The number of amides is 1. The highest BCUT2D eigenvalue weighted by molar-refractivity contribution is 7.99. The zero-order chi connectivity index (χ0) is 13.2. The molecule has 2 saturated carbocycles. The standard InChI is InChI=1S/C12H18N4O2S/c17-6-5-13-10(18)7-19-12-15-14-11(8-1-2-8)16(12)9-3-4-9/h8-9,17H,1-7H2,(H,13,18). The Morgan fingerprint density at radius 3 is 2.79 bits per heavy atom. The minimum atomic E-state index is -0.0719. The smallest absolute Gasteiger partial charge is 0.230 e. The molecule has 19 heavy (non-hydrogen) atoms. The van der Waals surface area contributed by atoms with Gasteiger partial charge in [0.25, 0.3) is 0 Å². The average Bonchev–Trinajstić information content (AvgIpc) is 3.32. The molecule has 0 bridgehead atoms. The summed E-state index contributed by atoms with van der Waals surface area (Å²) >= 11 is 1.44. The van der Waals surface area contributed by atoms with Gasteiger partial charge in [0.05, 0.1) is 12.4 Å². The summed E-state index contributed by atoms with van der Waals surface area (Å²) in [5.74, 6) is 1.96. The zero-order valence-corrected chi connectivity index (χ0v) is 11.5. The number of carbonyl (C=O) groups is 1. The molecule has 2 N–H and O–H groups in total. The summed E-state index contributed by atoms with van der Waals surface area (Å²) in [6.07, 6.45) is 4.82. The van der Waals surface area contributed by atoms with Gasteiger partial charge in [-0.3, -0.25) is 4.79 Å². The van der Waals surface area contributed by atoms with E-state index >= 15 is 0 Å². The van der Waals surface area contributed by atoms with Gasteiger partial charge in [0.2, 0.25) is 5.91 Å². The monoisotopic (exact) mass is 282 g/mol. The van der Waals surface area contributed by atoms with Gasteiger partial charge in [-0.25, -0.2) is 0 Å². The zero-order valence-electron chi connectivity index (χ0n) is 10.7. The lowest BCUT2D eigenvalue weighted by atomic mass is 10.4. The van der Waals surface area contributed by atoms with Crippen molar-refractivity contribution in [3.8, 4) is 0 Å². The number of nitrogens with zero attached hydrogens (tertiary/aromatic N) is 3. The number of hydrogen-bond acceptors (Lipinski definition) is 5. The lowest BCUT2D eigenvalue weighted by Gasteiger charge is -2.08. The molecule has 0 spiro atoms. The van der Waals surface area contributed by atoms with Gasteiger partial charge >= 0.3 is 0 Å². The van der Waals surface area contributed by atoms with Crippen LogP contribution in [0.25, 0.3) is 0 Å². The second-order valence-electron chi connectivity index (χ2n) is 5.08. The second-order valence-corrected chi connectivity index (χ2v) is 6.02. The molecule has 0 unspecified atom stereocenters. The largest absolute Gasteiger partial charge is 0.395 e. The van der Waals surface area contributed by atoms with Crippen LogP contribution in [0.5, 0.6) is 0 Å². The Morgan fingerprint density at radius 2 is 2.16 bits per heavy atom. The minimum absolute atomic E-state index is 0.0273. The third kappa shape index (κ3) is 3.09. The third-order valence-corrected chi connectivity index (χ3v) is 4.25. The molecule has 0 saturated heterocycles. The molecule has 1 aromatic rings. The van der Waals surface area contributed by atoms with E-state index in [0.717, 1.165) is 11.0 Å². The molecule has 3 rings (SSSR count). The van der Waals surface area contributed by atoms with Crippen molar-refractivity contribution in [1.29, 1.82) is 0 Å². The van der Waals surface area contributed by atoms with Crippen LogP contribution in [-0.2, 0) is 4.79 Å². The SMILES string of the molecule is O=C(CSc1nnc(C2CC2)n1C1CC1)NCCO. The van der Waals surface area contributed by atoms with Crippen LogP contribution in [-0.4, -0.2) is 44.7 Å². The number of carbonyl (C=O) groups excluding carboxylic acids is 1. The molecule has 7 heteroatoms.